The molecule has 6 nitrogen and oxygen atoms in total. The highest BCUT2D eigenvalue weighted by molar-refractivity contribution is 5.45. The summed E-state index contributed by atoms with van der Waals surface area (Å²) in [4.78, 5) is 22.6. The summed E-state index contributed by atoms with van der Waals surface area (Å²) in [7, 11) is 0. The van der Waals surface area contributed by atoms with Crippen LogP contribution in [0.15, 0.2) is 24.7 Å². The quantitative estimate of drug-likeness (QED) is 0.838. The van der Waals surface area contributed by atoms with E-state index in [1.54, 1.807) is 6.33 Å². The van der Waals surface area contributed by atoms with Crippen LogP contribution < -0.4 is 9.80 Å². The number of nitrogens with zero attached hydrogens (tertiary/aromatic N) is 6. The lowest BCUT2D eigenvalue weighted by molar-refractivity contribution is 0.533. The van der Waals surface area contributed by atoms with Gasteiger partial charge in [-0.25, -0.2) is 19.9 Å². The van der Waals surface area contributed by atoms with Gasteiger partial charge in [-0.3, -0.25) is 0 Å². The Morgan fingerprint density at radius 1 is 0.920 bits per heavy atom. The molecule has 2 aromatic heterocycles. The lowest BCUT2D eigenvalue weighted by atomic mass is 9.92. The molecule has 2 atom stereocenters. The highest BCUT2D eigenvalue weighted by atomic mass is 15.3. The molecule has 0 bridgehead atoms. The molecular formula is C19H26N6. The molecule has 2 unspecified atom stereocenters. The number of anilines is 2. The van der Waals surface area contributed by atoms with Gasteiger partial charge in [0.1, 0.15) is 23.8 Å². The number of rotatable bonds is 2. The molecule has 0 amide bonds. The molecule has 4 heterocycles. The first-order valence-electron chi connectivity index (χ1n) is 9.02. The van der Waals surface area contributed by atoms with Crippen LogP contribution in [0.3, 0.4) is 0 Å². The van der Waals surface area contributed by atoms with E-state index >= 15 is 0 Å². The van der Waals surface area contributed by atoms with E-state index < -0.39 is 0 Å². The Hall–Kier alpha value is -2.24. The lowest BCUT2D eigenvalue weighted by Crippen LogP contribution is -2.30. The van der Waals surface area contributed by atoms with Gasteiger partial charge in [-0.15, -0.1) is 0 Å². The monoisotopic (exact) mass is 338 g/mol. The minimum Gasteiger partial charge on any atom is -0.356 e. The van der Waals surface area contributed by atoms with E-state index in [0.29, 0.717) is 11.8 Å². The summed E-state index contributed by atoms with van der Waals surface area (Å²) in [5.41, 5.74) is 1.15. The number of aryl methyl sites for hydroxylation is 1. The third-order valence-electron chi connectivity index (χ3n) is 5.32. The predicted octanol–water partition coefficient (Wildman–Crippen LogP) is 2.45. The minimum absolute atomic E-state index is 0.0506. The van der Waals surface area contributed by atoms with Crippen LogP contribution in [-0.2, 0) is 5.41 Å². The van der Waals surface area contributed by atoms with Crippen LogP contribution in [0.2, 0.25) is 0 Å². The fraction of sp³-hybridized carbons (Fsp3) is 0.579. The molecule has 0 radical (unpaired) electrons. The second kappa shape index (κ2) is 5.93. The molecule has 0 spiro atoms. The van der Waals surface area contributed by atoms with Crippen LogP contribution in [-0.4, -0.2) is 46.1 Å². The van der Waals surface area contributed by atoms with Crippen molar-refractivity contribution in [1.82, 2.24) is 19.9 Å². The Morgan fingerprint density at radius 2 is 1.56 bits per heavy atom. The van der Waals surface area contributed by atoms with Crippen molar-refractivity contribution in [1.29, 1.82) is 0 Å². The molecule has 2 aromatic rings. The Bertz CT molecular complexity index is 755. The molecule has 2 aliphatic heterocycles. The van der Waals surface area contributed by atoms with Gasteiger partial charge in [-0.2, -0.15) is 0 Å². The van der Waals surface area contributed by atoms with Crippen LogP contribution in [0.25, 0.3) is 0 Å². The van der Waals surface area contributed by atoms with E-state index in [0.717, 1.165) is 49.3 Å². The second-order valence-corrected chi connectivity index (χ2v) is 8.30. The number of aromatic nitrogens is 4. The van der Waals surface area contributed by atoms with E-state index in [4.69, 9.17) is 0 Å². The van der Waals surface area contributed by atoms with Crippen LogP contribution in [0.4, 0.5) is 11.6 Å². The number of fused-ring (bicyclic) bond motifs is 1. The van der Waals surface area contributed by atoms with E-state index in [2.05, 4.69) is 56.6 Å². The van der Waals surface area contributed by atoms with Crippen molar-refractivity contribution in [3.8, 4) is 0 Å². The van der Waals surface area contributed by atoms with E-state index in [1.165, 1.54) is 0 Å². The summed E-state index contributed by atoms with van der Waals surface area (Å²) in [6, 6.07) is 4.18. The predicted molar refractivity (Wildman–Crippen MR) is 98.9 cm³/mol. The molecule has 0 aliphatic carbocycles. The minimum atomic E-state index is 0.0506. The fourth-order valence-corrected chi connectivity index (χ4v) is 3.92. The van der Waals surface area contributed by atoms with Crippen LogP contribution in [0.5, 0.6) is 0 Å². The molecule has 2 aliphatic rings. The summed E-state index contributed by atoms with van der Waals surface area (Å²) in [6.07, 6.45) is 3.56. The first kappa shape index (κ1) is 16.2. The molecule has 0 saturated carbocycles. The first-order valence-corrected chi connectivity index (χ1v) is 9.02. The third-order valence-corrected chi connectivity index (χ3v) is 5.32. The van der Waals surface area contributed by atoms with Gasteiger partial charge in [-0.05, 0) is 13.0 Å². The maximum Gasteiger partial charge on any atom is 0.132 e. The molecule has 2 saturated heterocycles. The standard InChI is InChI=1S/C19H26N6/c1-13-20-6-5-17(23-13)24-8-14-10-25(11-15(14)9-24)18-7-16(19(2,3)4)21-12-22-18/h5-7,12,14-15H,8-11H2,1-4H3. The van der Waals surface area contributed by atoms with E-state index in [9.17, 15) is 0 Å². The largest absolute Gasteiger partial charge is 0.356 e. The van der Waals surface area contributed by atoms with Crippen LogP contribution in [0.1, 0.15) is 32.3 Å². The SMILES string of the molecule is Cc1nccc(N2CC3CN(c4cc(C(C)(C)C)ncn4)CC3C2)n1. The van der Waals surface area contributed by atoms with Crippen molar-refractivity contribution in [3.63, 3.8) is 0 Å². The zero-order valence-electron chi connectivity index (χ0n) is 15.5. The average Bonchev–Trinajstić information content (AvgIpc) is 3.13. The molecule has 4 rings (SSSR count). The molecule has 2 fully saturated rings. The van der Waals surface area contributed by atoms with Crippen molar-refractivity contribution in [2.75, 3.05) is 36.0 Å². The summed E-state index contributed by atoms with van der Waals surface area (Å²) >= 11 is 0. The first-order chi connectivity index (χ1) is 11.9. The summed E-state index contributed by atoms with van der Waals surface area (Å²) in [5.74, 6) is 4.31. The van der Waals surface area contributed by atoms with E-state index in [1.807, 2.05) is 19.2 Å². The maximum absolute atomic E-state index is 4.58. The van der Waals surface area contributed by atoms with Crippen LogP contribution in [0, 0.1) is 18.8 Å². The lowest BCUT2D eigenvalue weighted by Gasteiger charge is -2.24. The average molecular weight is 338 g/mol. The fourth-order valence-electron chi connectivity index (χ4n) is 3.92. The second-order valence-electron chi connectivity index (χ2n) is 8.30. The van der Waals surface area contributed by atoms with Gasteiger partial charge in [0.25, 0.3) is 0 Å². The zero-order valence-corrected chi connectivity index (χ0v) is 15.5. The van der Waals surface area contributed by atoms with Gasteiger partial charge in [-0.1, -0.05) is 20.8 Å². The molecule has 0 N–H and O–H groups in total. The third kappa shape index (κ3) is 3.17. The Labute approximate surface area is 149 Å². The molecule has 0 aromatic carbocycles. The summed E-state index contributed by atoms with van der Waals surface area (Å²) in [6.45, 7) is 12.8. The molecule has 6 heteroatoms. The van der Waals surface area contributed by atoms with Gasteiger partial charge < -0.3 is 9.80 Å². The summed E-state index contributed by atoms with van der Waals surface area (Å²) in [5, 5.41) is 0. The van der Waals surface area contributed by atoms with Gasteiger partial charge >= 0.3 is 0 Å². The maximum atomic E-state index is 4.58. The molecular weight excluding hydrogens is 312 g/mol. The van der Waals surface area contributed by atoms with Crippen molar-refractivity contribution >= 4 is 11.6 Å². The number of hydrogen-bond donors (Lipinski definition) is 0. The normalized spacial score (nSPS) is 23.2. The van der Waals surface area contributed by atoms with Crippen molar-refractivity contribution in [2.45, 2.75) is 33.1 Å². The van der Waals surface area contributed by atoms with Gasteiger partial charge in [0.15, 0.2) is 0 Å². The Balaban J connectivity index is 1.46. The Morgan fingerprint density at radius 3 is 2.16 bits per heavy atom. The highest BCUT2D eigenvalue weighted by Crippen LogP contribution is 2.35. The molecule has 132 valence electrons. The van der Waals surface area contributed by atoms with Crippen LogP contribution >= 0.6 is 0 Å². The Kier molecular flexibility index (Phi) is 3.85. The van der Waals surface area contributed by atoms with Crippen molar-refractivity contribution < 1.29 is 0 Å². The highest BCUT2D eigenvalue weighted by Gasteiger charge is 2.41. The van der Waals surface area contributed by atoms with Gasteiger partial charge in [0.05, 0.1) is 5.69 Å². The van der Waals surface area contributed by atoms with Gasteiger partial charge in [0.2, 0.25) is 0 Å². The van der Waals surface area contributed by atoms with Gasteiger partial charge in [0, 0.05) is 55.7 Å². The summed E-state index contributed by atoms with van der Waals surface area (Å²) < 4.78 is 0. The zero-order chi connectivity index (χ0) is 17.6. The van der Waals surface area contributed by atoms with E-state index in [-0.39, 0.29) is 5.41 Å². The number of hydrogen-bond acceptors (Lipinski definition) is 6. The topological polar surface area (TPSA) is 58.0 Å². The molecule has 25 heavy (non-hydrogen) atoms. The smallest absolute Gasteiger partial charge is 0.132 e. The van der Waals surface area contributed by atoms with Crippen molar-refractivity contribution in [3.05, 3.63) is 36.2 Å². The van der Waals surface area contributed by atoms with Crippen molar-refractivity contribution in [2.24, 2.45) is 11.8 Å².